The molecule has 3 N–H and O–H groups in total. The Balaban J connectivity index is 1.80. The number of carbonyl (C=O) groups is 1. The second kappa shape index (κ2) is 8.52. The van der Waals surface area contributed by atoms with E-state index in [1.54, 1.807) is 6.20 Å². The summed E-state index contributed by atoms with van der Waals surface area (Å²) in [5.41, 5.74) is 15.1. The van der Waals surface area contributed by atoms with Crippen LogP contribution in [-0.2, 0) is 0 Å². The first-order valence-corrected chi connectivity index (χ1v) is 10.8. The second-order valence-corrected chi connectivity index (χ2v) is 8.78. The standard InChI is InChI=1S/C26H30N4O/c1-16-7-17(2)10-20(9-16)23-13-28-14-24(25(23)30-6-5-21(27)15-30)26(31)29-22-11-18(3)8-19(4)12-22/h7-14,21H,5-6,15,27H2,1-4H3,(H,29,31)/t21-/m1/s1. The van der Waals surface area contributed by atoms with Crippen molar-refractivity contribution in [3.8, 4) is 11.1 Å². The molecule has 31 heavy (non-hydrogen) atoms. The summed E-state index contributed by atoms with van der Waals surface area (Å²) in [6.07, 6.45) is 4.44. The van der Waals surface area contributed by atoms with Gasteiger partial charge in [0.15, 0.2) is 0 Å². The van der Waals surface area contributed by atoms with Crippen molar-refractivity contribution in [2.75, 3.05) is 23.3 Å². The SMILES string of the molecule is Cc1cc(C)cc(NC(=O)c2cncc(-c3cc(C)cc(C)c3)c2N2CC[C@@H](N)C2)c1. The molecule has 2 heterocycles. The van der Waals surface area contributed by atoms with Crippen LogP contribution in [0.25, 0.3) is 11.1 Å². The van der Waals surface area contributed by atoms with E-state index in [1.807, 2.05) is 32.2 Å². The highest BCUT2D eigenvalue weighted by molar-refractivity contribution is 6.10. The largest absolute Gasteiger partial charge is 0.369 e. The summed E-state index contributed by atoms with van der Waals surface area (Å²) < 4.78 is 0. The third kappa shape index (κ3) is 4.62. The first kappa shape index (κ1) is 21.1. The maximum Gasteiger partial charge on any atom is 0.259 e. The average molecular weight is 415 g/mol. The third-order valence-corrected chi connectivity index (χ3v) is 5.72. The molecule has 3 aromatic rings. The number of aromatic nitrogens is 1. The molecule has 5 nitrogen and oxygen atoms in total. The van der Waals surface area contributed by atoms with Gasteiger partial charge >= 0.3 is 0 Å². The zero-order valence-electron chi connectivity index (χ0n) is 18.7. The van der Waals surface area contributed by atoms with Crippen LogP contribution in [-0.4, -0.2) is 30.0 Å². The van der Waals surface area contributed by atoms with Gasteiger partial charge in [0.25, 0.3) is 5.91 Å². The molecule has 5 heteroatoms. The maximum absolute atomic E-state index is 13.4. The van der Waals surface area contributed by atoms with E-state index in [-0.39, 0.29) is 11.9 Å². The van der Waals surface area contributed by atoms with E-state index in [4.69, 9.17) is 5.73 Å². The number of nitrogens with zero attached hydrogens (tertiary/aromatic N) is 2. The number of amides is 1. The molecular weight excluding hydrogens is 384 g/mol. The van der Waals surface area contributed by atoms with Gasteiger partial charge in [-0.1, -0.05) is 35.4 Å². The van der Waals surface area contributed by atoms with E-state index < -0.39 is 0 Å². The second-order valence-electron chi connectivity index (χ2n) is 8.78. The Morgan fingerprint density at radius 2 is 1.58 bits per heavy atom. The third-order valence-electron chi connectivity index (χ3n) is 5.72. The van der Waals surface area contributed by atoms with Gasteiger partial charge in [0.1, 0.15) is 0 Å². The Kier molecular flexibility index (Phi) is 5.79. The van der Waals surface area contributed by atoms with Crippen LogP contribution in [0.15, 0.2) is 48.8 Å². The number of rotatable bonds is 4. The van der Waals surface area contributed by atoms with Crippen LogP contribution >= 0.6 is 0 Å². The molecule has 0 bridgehead atoms. The summed E-state index contributed by atoms with van der Waals surface area (Å²) in [4.78, 5) is 20.1. The van der Waals surface area contributed by atoms with Crippen molar-refractivity contribution in [1.29, 1.82) is 0 Å². The van der Waals surface area contributed by atoms with Crippen LogP contribution in [0, 0.1) is 27.7 Å². The van der Waals surface area contributed by atoms with Crippen LogP contribution in [0.4, 0.5) is 11.4 Å². The van der Waals surface area contributed by atoms with Gasteiger partial charge in [-0.25, -0.2) is 0 Å². The number of anilines is 2. The van der Waals surface area contributed by atoms with Gasteiger partial charge in [0, 0.05) is 42.8 Å². The molecule has 160 valence electrons. The molecular formula is C26H30N4O. The number of benzene rings is 2. The molecule has 0 radical (unpaired) electrons. The van der Waals surface area contributed by atoms with Crippen molar-refractivity contribution in [3.63, 3.8) is 0 Å². The van der Waals surface area contributed by atoms with Crippen molar-refractivity contribution in [3.05, 3.63) is 76.6 Å². The van der Waals surface area contributed by atoms with Gasteiger partial charge in [-0.15, -0.1) is 0 Å². The highest BCUT2D eigenvalue weighted by atomic mass is 16.1. The molecule has 1 atom stereocenters. The Hall–Kier alpha value is -3.18. The summed E-state index contributed by atoms with van der Waals surface area (Å²) in [6, 6.07) is 12.6. The van der Waals surface area contributed by atoms with Gasteiger partial charge in [-0.2, -0.15) is 0 Å². The van der Waals surface area contributed by atoms with Crippen molar-refractivity contribution in [1.82, 2.24) is 4.98 Å². The van der Waals surface area contributed by atoms with E-state index >= 15 is 0 Å². The minimum Gasteiger partial charge on any atom is -0.369 e. The van der Waals surface area contributed by atoms with Crippen LogP contribution in [0.2, 0.25) is 0 Å². The van der Waals surface area contributed by atoms with Crippen LogP contribution < -0.4 is 16.0 Å². The van der Waals surface area contributed by atoms with Gasteiger partial charge in [-0.3, -0.25) is 9.78 Å². The summed E-state index contributed by atoms with van der Waals surface area (Å²) in [7, 11) is 0. The van der Waals surface area contributed by atoms with Crippen molar-refractivity contribution in [2.24, 2.45) is 5.73 Å². The number of nitrogens with two attached hydrogens (primary N) is 1. The highest BCUT2D eigenvalue weighted by Gasteiger charge is 2.27. The molecule has 1 amide bonds. The number of carbonyl (C=O) groups excluding carboxylic acids is 1. The van der Waals surface area contributed by atoms with Crippen molar-refractivity contribution in [2.45, 2.75) is 40.2 Å². The lowest BCUT2D eigenvalue weighted by atomic mass is 9.98. The molecule has 0 saturated carbocycles. The fourth-order valence-electron chi connectivity index (χ4n) is 4.54. The molecule has 1 aliphatic heterocycles. The fourth-order valence-corrected chi connectivity index (χ4v) is 4.54. The van der Waals surface area contributed by atoms with E-state index in [2.05, 4.69) is 53.3 Å². The number of pyridine rings is 1. The first-order chi connectivity index (χ1) is 14.8. The molecule has 1 aliphatic rings. The number of nitrogens with one attached hydrogen (secondary N) is 1. The van der Waals surface area contributed by atoms with Gasteiger partial charge < -0.3 is 16.0 Å². The lowest BCUT2D eigenvalue weighted by molar-refractivity contribution is 0.102. The van der Waals surface area contributed by atoms with E-state index in [0.29, 0.717) is 5.56 Å². The monoisotopic (exact) mass is 414 g/mol. The fraction of sp³-hybridized carbons (Fsp3) is 0.308. The van der Waals surface area contributed by atoms with Gasteiger partial charge in [0.2, 0.25) is 0 Å². The lowest BCUT2D eigenvalue weighted by Gasteiger charge is -2.25. The van der Waals surface area contributed by atoms with Crippen LogP contribution in [0.5, 0.6) is 0 Å². The minimum absolute atomic E-state index is 0.107. The Morgan fingerprint density at radius 3 is 2.16 bits per heavy atom. The quantitative estimate of drug-likeness (QED) is 0.645. The maximum atomic E-state index is 13.4. The number of hydrogen-bond acceptors (Lipinski definition) is 4. The molecule has 1 aromatic heterocycles. The Morgan fingerprint density at radius 1 is 0.968 bits per heavy atom. The zero-order chi connectivity index (χ0) is 22.1. The average Bonchev–Trinajstić information content (AvgIpc) is 3.11. The zero-order valence-corrected chi connectivity index (χ0v) is 18.7. The van der Waals surface area contributed by atoms with Crippen LogP contribution in [0.1, 0.15) is 39.0 Å². The predicted octanol–water partition coefficient (Wildman–Crippen LogP) is 4.77. The van der Waals surface area contributed by atoms with Crippen molar-refractivity contribution < 1.29 is 4.79 Å². The number of hydrogen-bond donors (Lipinski definition) is 2. The Bertz CT molecular complexity index is 1100. The highest BCUT2D eigenvalue weighted by Crippen LogP contribution is 2.36. The molecule has 0 spiro atoms. The molecule has 0 unspecified atom stereocenters. The molecule has 2 aromatic carbocycles. The molecule has 1 saturated heterocycles. The van der Waals surface area contributed by atoms with Crippen LogP contribution in [0.3, 0.4) is 0 Å². The molecule has 4 rings (SSSR count). The smallest absolute Gasteiger partial charge is 0.259 e. The summed E-state index contributed by atoms with van der Waals surface area (Å²) in [6.45, 7) is 9.79. The summed E-state index contributed by atoms with van der Waals surface area (Å²) >= 11 is 0. The number of aryl methyl sites for hydroxylation is 4. The summed E-state index contributed by atoms with van der Waals surface area (Å²) in [5, 5.41) is 3.08. The lowest BCUT2D eigenvalue weighted by Crippen LogP contribution is -2.29. The Labute approximate surface area is 184 Å². The van der Waals surface area contributed by atoms with E-state index in [0.717, 1.165) is 53.1 Å². The minimum atomic E-state index is -0.154. The van der Waals surface area contributed by atoms with E-state index in [1.165, 1.54) is 11.1 Å². The van der Waals surface area contributed by atoms with Gasteiger partial charge in [-0.05, 0) is 62.9 Å². The summed E-state index contributed by atoms with van der Waals surface area (Å²) in [5.74, 6) is -0.154. The normalized spacial score (nSPS) is 15.9. The van der Waals surface area contributed by atoms with Crippen molar-refractivity contribution >= 4 is 17.3 Å². The predicted molar refractivity (Wildman–Crippen MR) is 128 cm³/mol. The van der Waals surface area contributed by atoms with Gasteiger partial charge in [0.05, 0.1) is 11.3 Å². The van der Waals surface area contributed by atoms with E-state index in [9.17, 15) is 4.79 Å². The topological polar surface area (TPSA) is 71.2 Å². The molecule has 0 aliphatic carbocycles. The first-order valence-electron chi connectivity index (χ1n) is 10.8. The molecule has 1 fully saturated rings.